The fraction of sp³-hybridized carbons (Fsp3) is 0.389. The number of nitrogens with zero attached hydrogens (tertiary/aromatic N) is 3. The number of alkyl halides is 3. The molecule has 0 aliphatic carbocycles. The molecule has 150 valence electrons. The molecular formula is C18H19ClF3N5O. The first-order valence-corrected chi connectivity index (χ1v) is 9.19. The molecule has 3 rings (SSSR count). The van der Waals surface area contributed by atoms with Gasteiger partial charge in [-0.3, -0.25) is 0 Å². The third-order valence-electron chi connectivity index (χ3n) is 4.31. The average Bonchev–Trinajstić information content (AvgIpc) is 2.68. The molecule has 1 aromatic heterocycles. The molecule has 10 heteroatoms. The summed E-state index contributed by atoms with van der Waals surface area (Å²) in [5, 5.41) is 4.47. The molecule has 2 N–H and O–H groups in total. The van der Waals surface area contributed by atoms with Gasteiger partial charge in [-0.15, -0.1) is 0 Å². The van der Waals surface area contributed by atoms with Crippen LogP contribution in [0.1, 0.15) is 30.7 Å². The van der Waals surface area contributed by atoms with Crippen LogP contribution >= 0.6 is 11.6 Å². The van der Waals surface area contributed by atoms with Crippen LogP contribution in [-0.2, 0) is 12.7 Å². The van der Waals surface area contributed by atoms with E-state index in [0.29, 0.717) is 5.82 Å². The van der Waals surface area contributed by atoms with E-state index in [-0.39, 0.29) is 12.2 Å². The molecule has 2 heterocycles. The zero-order chi connectivity index (χ0) is 20.1. The minimum Gasteiger partial charge on any atom is -0.357 e. The van der Waals surface area contributed by atoms with Crippen molar-refractivity contribution in [3.05, 3.63) is 46.9 Å². The van der Waals surface area contributed by atoms with E-state index < -0.39 is 22.8 Å². The van der Waals surface area contributed by atoms with Crippen LogP contribution in [0.5, 0.6) is 0 Å². The summed E-state index contributed by atoms with van der Waals surface area (Å²) < 4.78 is 38.7. The smallest absolute Gasteiger partial charge is 0.357 e. The van der Waals surface area contributed by atoms with Crippen LogP contribution in [0.2, 0.25) is 5.02 Å². The van der Waals surface area contributed by atoms with Gasteiger partial charge in [0.1, 0.15) is 11.6 Å². The molecule has 1 aliphatic heterocycles. The van der Waals surface area contributed by atoms with E-state index in [4.69, 9.17) is 11.6 Å². The van der Waals surface area contributed by atoms with Crippen molar-refractivity contribution in [1.82, 2.24) is 15.3 Å². The monoisotopic (exact) mass is 413 g/mol. The largest absolute Gasteiger partial charge is 0.417 e. The van der Waals surface area contributed by atoms with Gasteiger partial charge in [0.25, 0.3) is 0 Å². The maximum Gasteiger partial charge on any atom is 0.417 e. The van der Waals surface area contributed by atoms with Crippen LogP contribution in [0.15, 0.2) is 30.5 Å². The summed E-state index contributed by atoms with van der Waals surface area (Å²) in [6.07, 6.45) is 0.452. The Hall–Kier alpha value is -2.55. The van der Waals surface area contributed by atoms with Crippen LogP contribution in [0.4, 0.5) is 29.5 Å². The van der Waals surface area contributed by atoms with Crippen LogP contribution in [0.25, 0.3) is 0 Å². The number of urea groups is 1. The number of benzene rings is 1. The third-order valence-corrected chi connectivity index (χ3v) is 4.64. The van der Waals surface area contributed by atoms with E-state index in [1.54, 1.807) is 6.20 Å². The number of hydrogen-bond donors (Lipinski definition) is 2. The van der Waals surface area contributed by atoms with Gasteiger partial charge in [0.05, 0.1) is 17.1 Å². The molecule has 0 spiro atoms. The molecular weight excluding hydrogens is 395 g/mol. The molecule has 0 radical (unpaired) electrons. The maximum atomic E-state index is 12.9. The number of amides is 2. The molecule has 6 nitrogen and oxygen atoms in total. The average molecular weight is 414 g/mol. The van der Waals surface area contributed by atoms with Gasteiger partial charge in [0.2, 0.25) is 0 Å². The van der Waals surface area contributed by atoms with Crippen molar-refractivity contribution >= 4 is 29.1 Å². The molecule has 2 amide bonds. The van der Waals surface area contributed by atoms with Crippen LogP contribution < -0.4 is 15.5 Å². The first-order chi connectivity index (χ1) is 13.3. The Morgan fingerprint density at radius 2 is 1.93 bits per heavy atom. The van der Waals surface area contributed by atoms with Crippen LogP contribution in [0, 0.1) is 0 Å². The summed E-state index contributed by atoms with van der Waals surface area (Å²) in [4.78, 5) is 22.7. The first-order valence-electron chi connectivity index (χ1n) is 8.81. The van der Waals surface area contributed by atoms with Crippen molar-refractivity contribution in [2.75, 3.05) is 23.3 Å². The maximum absolute atomic E-state index is 12.9. The minimum atomic E-state index is -4.60. The Morgan fingerprint density at radius 3 is 2.64 bits per heavy atom. The van der Waals surface area contributed by atoms with Gasteiger partial charge in [0.15, 0.2) is 0 Å². The molecule has 1 aliphatic rings. The summed E-state index contributed by atoms with van der Waals surface area (Å²) in [6, 6.07) is 4.33. The highest BCUT2D eigenvalue weighted by atomic mass is 35.5. The van der Waals surface area contributed by atoms with Crippen LogP contribution in [-0.4, -0.2) is 29.1 Å². The molecule has 28 heavy (non-hydrogen) atoms. The van der Waals surface area contributed by atoms with Gasteiger partial charge >= 0.3 is 12.2 Å². The second-order valence-corrected chi connectivity index (χ2v) is 6.79. The lowest BCUT2D eigenvalue weighted by molar-refractivity contribution is -0.137. The summed E-state index contributed by atoms with van der Waals surface area (Å²) in [6.45, 7) is 1.91. The Morgan fingerprint density at radius 1 is 1.18 bits per heavy atom. The second-order valence-electron chi connectivity index (χ2n) is 6.38. The topological polar surface area (TPSA) is 70.2 Å². The van der Waals surface area contributed by atoms with Crippen molar-refractivity contribution in [1.29, 1.82) is 0 Å². The third kappa shape index (κ3) is 5.25. The zero-order valence-electron chi connectivity index (χ0n) is 14.9. The van der Waals surface area contributed by atoms with Crippen LogP contribution in [0.3, 0.4) is 0 Å². The highest BCUT2D eigenvalue weighted by molar-refractivity contribution is 6.31. The first kappa shape index (κ1) is 20.2. The fourth-order valence-electron chi connectivity index (χ4n) is 2.93. The predicted molar refractivity (Wildman–Crippen MR) is 100 cm³/mol. The number of hydrogen-bond acceptors (Lipinski definition) is 4. The van der Waals surface area contributed by atoms with E-state index in [9.17, 15) is 18.0 Å². The van der Waals surface area contributed by atoms with Gasteiger partial charge in [0, 0.05) is 25.0 Å². The number of aromatic nitrogens is 2. The number of nitrogens with one attached hydrogen (secondary N) is 2. The van der Waals surface area contributed by atoms with Gasteiger partial charge in [-0.2, -0.15) is 13.2 Å². The van der Waals surface area contributed by atoms with E-state index in [0.717, 1.165) is 43.9 Å². The van der Waals surface area contributed by atoms with E-state index in [1.807, 2.05) is 6.07 Å². The van der Waals surface area contributed by atoms with Crippen molar-refractivity contribution in [3.8, 4) is 0 Å². The molecule has 1 fully saturated rings. The van der Waals surface area contributed by atoms with E-state index in [1.165, 1.54) is 12.5 Å². The van der Waals surface area contributed by atoms with Crippen molar-refractivity contribution in [2.24, 2.45) is 0 Å². The van der Waals surface area contributed by atoms with Crippen molar-refractivity contribution in [2.45, 2.75) is 32.0 Å². The normalized spacial score (nSPS) is 14.6. The van der Waals surface area contributed by atoms with Gasteiger partial charge < -0.3 is 15.5 Å². The highest BCUT2D eigenvalue weighted by Crippen LogP contribution is 2.36. The Bertz CT molecular complexity index is 840. The van der Waals surface area contributed by atoms with Crippen molar-refractivity contribution in [3.63, 3.8) is 0 Å². The number of rotatable bonds is 4. The van der Waals surface area contributed by atoms with E-state index >= 15 is 0 Å². The summed E-state index contributed by atoms with van der Waals surface area (Å²) >= 11 is 5.57. The molecule has 0 atom stereocenters. The Kier molecular flexibility index (Phi) is 6.23. The number of anilines is 2. The summed E-state index contributed by atoms with van der Waals surface area (Å²) in [7, 11) is 0. The molecule has 2 aromatic rings. The lowest BCUT2D eigenvalue weighted by Gasteiger charge is -2.27. The molecule has 0 bridgehead atoms. The fourth-order valence-corrected chi connectivity index (χ4v) is 3.15. The molecule has 0 saturated carbocycles. The van der Waals surface area contributed by atoms with E-state index in [2.05, 4.69) is 25.5 Å². The Labute approximate surface area is 165 Å². The number of carbonyl (C=O) groups is 1. The van der Waals surface area contributed by atoms with Gasteiger partial charge in [-0.25, -0.2) is 14.8 Å². The lowest BCUT2D eigenvalue weighted by Crippen LogP contribution is -2.31. The van der Waals surface area contributed by atoms with Crippen molar-refractivity contribution < 1.29 is 18.0 Å². The highest BCUT2D eigenvalue weighted by Gasteiger charge is 2.33. The molecule has 1 aromatic carbocycles. The summed E-state index contributed by atoms with van der Waals surface area (Å²) in [5.41, 5.74) is -1.03. The van der Waals surface area contributed by atoms with Gasteiger partial charge in [-0.05, 0) is 43.5 Å². The zero-order valence-corrected chi connectivity index (χ0v) is 15.6. The minimum absolute atomic E-state index is 0.0165. The van der Waals surface area contributed by atoms with Gasteiger partial charge in [-0.1, -0.05) is 11.6 Å². The lowest BCUT2D eigenvalue weighted by atomic mass is 10.1. The predicted octanol–water partition coefficient (Wildman–Crippen LogP) is 4.46. The molecule has 0 unspecified atom stereocenters. The quantitative estimate of drug-likeness (QED) is 0.776. The number of halogens is 4. The Balaban J connectivity index is 1.59. The standard InChI is InChI=1S/C18H19ClF3N5O/c19-14-5-4-12(10-13(14)18(20,21)22)25-17(28)24-11-15-23-7-6-16(26-15)27-8-2-1-3-9-27/h4-7,10H,1-3,8-9,11H2,(H2,24,25,28). The molecule has 1 saturated heterocycles. The number of piperidine rings is 1. The second kappa shape index (κ2) is 8.64. The SMILES string of the molecule is O=C(NCc1nccc(N2CCCCC2)n1)Nc1ccc(Cl)c(C(F)(F)F)c1. The summed E-state index contributed by atoms with van der Waals surface area (Å²) in [5.74, 6) is 1.23. The number of carbonyl (C=O) groups excluding carboxylic acids is 1.